The summed E-state index contributed by atoms with van der Waals surface area (Å²) in [5.74, 6) is -2.63. The van der Waals surface area contributed by atoms with E-state index in [1.165, 1.54) is 19.1 Å². The number of aliphatic hydroxyl groups excluding tert-OH is 4. The summed E-state index contributed by atoms with van der Waals surface area (Å²) in [7, 11) is 0. The monoisotopic (exact) mass is 298 g/mol. The van der Waals surface area contributed by atoms with Gasteiger partial charge in [-0.3, -0.25) is 0 Å². The van der Waals surface area contributed by atoms with Crippen LogP contribution >= 0.6 is 0 Å². The molecule has 7 nitrogen and oxygen atoms in total. The summed E-state index contributed by atoms with van der Waals surface area (Å²) in [6.07, 6.45) is -5.90. The van der Waals surface area contributed by atoms with Gasteiger partial charge in [-0.1, -0.05) is 18.2 Å². The van der Waals surface area contributed by atoms with Crippen molar-refractivity contribution in [1.82, 2.24) is 0 Å². The molecule has 0 aliphatic carbocycles. The molecule has 116 valence electrons. The van der Waals surface area contributed by atoms with Crippen molar-refractivity contribution >= 4 is 5.97 Å². The molecule has 1 aromatic carbocycles. The van der Waals surface area contributed by atoms with Crippen molar-refractivity contribution in [1.29, 1.82) is 0 Å². The third-order valence-corrected chi connectivity index (χ3v) is 3.46. The van der Waals surface area contributed by atoms with Gasteiger partial charge in [0.25, 0.3) is 0 Å². The highest BCUT2D eigenvalue weighted by atomic mass is 16.7. The van der Waals surface area contributed by atoms with Gasteiger partial charge in [-0.2, -0.15) is 0 Å². The standard InChI is InChI=1S/C14H18O7/c1-14(21-13(19)8-5-3-2-4-6-8)12(18)11(17)10(16)9(7-15)20-14/h2-6,9-12,15-18H,7H2,1H3/t9-,10-,11+,12-,14?/m1/s1. The molecule has 1 heterocycles. The van der Waals surface area contributed by atoms with Gasteiger partial charge >= 0.3 is 5.97 Å². The Kier molecular flexibility index (Phi) is 4.60. The number of hydrogen-bond acceptors (Lipinski definition) is 7. The van der Waals surface area contributed by atoms with Crippen molar-refractivity contribution in [3.05, 3.63) is 35.9 Å². The predicted molar refractivity (Wildman–Crippen MR) is 70.2 cm³/mol. The van der Waals surface area contributed by atoms with Gasteiger partial charge in [-0.25, -0.2) is 4.79 Å². The maximum absolute atomic E-state index is 12.0. The van der Waals surface area contributed by atoms with Crippen LogP contribution in [-0.2, 0) is 9.47 Å². The molecule has 5 atom stereocenters. The van der Waals surface area contributed by atoms with Crippen LogP contribution in [0.15, 0.2) is 30.3 Å². The quantitative estimate of drug-likeness (QED) is 0.531. The van der Waals surface area contributed by atoms with Crippen LogP contribution in [0.3, 0.4) is 0 Å². The Balaban J connectivity index is 2.18. The van der Waals surface area contributed by atoms with E-state index >= 15 is 0 Å². The van der Waals surface area contributed by atoms with E-state index in [1.54, 1.807) is 18.2 Å². The zero-order valence-corrected chi connectivity index (χ0v) is 11.4. The fraction of sp³-hybridized carbons (Fsp3) is 0.500. The van der Waals surface area contributed by atoms with E-state index in [1.807, 2.05) is 0 Å². The minimum absolute atomic E-state index is 0.246. The van der Waals surface area contributed by atoms with Gasteiger partial charge in [0.1, 0.15) is 24.4 Å². The summed E-state index contributed by atoms with van der Waals surface area (Å²) in [6, 6.07) is 8.07. The van der Waals surface area contributed by atoms with E-state index in [4.69, 9.17) is 14.6 Å². The summed E-state index contributed by atoms with van der Waals surface area (Å²) >= 11 is 0. The Hall–Kier alpha value is -1.51. The molecule has 4 N–H and O–H groups in total. The Morgan fingerprint density at radius 2 is 1.86 bits per heavy atom. The number of esters is 1. The lowest BCUT2D eigenvalue weighted by Gasteiger charge is -2.45. The normalized spacial score (nSPS) is 36.2. The molecule has 0 amide bonds. The van der Waals surface area contributed by atoms with Crippen molar-refractivity contribution in [2.45, 2.75) is 37.1 Å². The van der Waals surface area contributed by atoms with E-state index in [2.05, 4.69) is 0 Å². The SMILES string of the molecule is CC1(OC(=O)c2ccccc2)O[C@H](CO)[C@@H](O)[C@H](O)[C@H]1O. The first-order valence-corrected chi connectivity index (χ1v) is 6.50. The van der Waals surface area contributed by atoms with Crippen LogP contribution in [0.5, 0.6) is 0 Å². The van der Waals surface area contributed by atoms with Gasteiger partial charge in [0.05, 0.1) is 12.2 Å². The highest BCUT2D eigenvalue weighted by Crippen LogP contribution is 2.31. The maximum Gasteiger partial charge on any atom is 0.340 e. The molecular formula is C14H18O7. The molecule has 0 saturated carbocycles. The molecule has 2 rings (SSSR count). The molecule has 1 aliphatic rings. The Morgan fingerprint density at radius 3 is 2.43 bits per heavy atom. The van der Waals surface area contributed by atoms with Crippen molar-refractivity contribution in [3.8, 4) is 0 Å². The molecule has 1 aliphatic heterocycles. The van der Waals surface area contributed by atoms with Crippen LogP contribution in [0.2, 0.25) is 0 Å². The Bertz CT molecular complexity index is 489. The topological polar surface area (TPSA) is 116 Å². The zero-order valence-electron chi connectivity index (χ0n) is 11.4. The van der Waals surface area contributed by atoms with Crippen molar-refractivity contribution < 1.29 is 34.7 Å². The number of ether oxygens (including phenoxy) is 2. The average Bonchev–Trinajstić information content (AvgIpc) is 2.50. The highest BCUT2D eigenvalue weighted by molar-refractivity contribution is 5.89. The number of hydrogen-bond donors (Lipinski definition) is 4. The fourth-order valence-corrected chi connectivity index (χ4v) is 2.20. The van der Waals surface area contributed by atoms with E-state index in [0.717, 1.165) is 0 Å². The lowest BCUT2D eigenvalue weighted by Crippen LogP contribution is -2.65. The predicted octanol–water partition coefficient (Wildman–Crippen LogP) is -0.967. The Labute approximate surface area is 121 Å². The smallest absolute Gasteiger partial charge is 0.340 e. The molecule has 1 saturated heterocycles. The summed E-state index contributed by atoms with van der Waals surface area (Å²) in [5.41, 5.74) is 0.246. The molecule has 1 aromatic rings. The van der Waals surface area contributed by atoms with Crippen LogP contribution in [-0.4, -0.2) is 63.2 Å². The molecule has 21 heavy (non-hydrogen) atoms. The second-order valence-corrected chi connectivity index (χ2v) is 5.04. The molecule has 1 unspecified atom stereocenters. The summed E-state index contributed by atoms with van der Waals surface area (Å²) < 4.78 is 10.4. The molecule has 0 aromatic heterocycles. The number of aliphatic hydroxyl groups is 4. The minimum atomic E-state index is -1.88. The van der Waals surface area contributed by atoms with Crippen LogP contribution in [0.1, 0.15) is 17.3 Å². The van der Waals surface area contributed by atoms with Crippen molar-refractivity contribution in [2.75, 3.05) is 6.61 Å². The first-order valence-electron chi connectivity index (χ1n) is 6.50. The summed E-state index contributed by atoms with van der Waals surface area (Å²) in [5, 5.41) is 38.6. The lowest BCUT2D eigenvalue weighted by molar-refractivity contribution is -0.338. The van der Waals surface area contributed by atoms with Crippen molar-refractivity contribution in [2.24, 2.45) is 0 Å². The zero-order chi connectivity index (χ0) is 15.6. The van der Waals surface area contributed by atoms with Gasteiger partial charge in [0, 0.05) is 6.92 Å². The number of benzene rings is 1. The van der Waals surface area contributed by atoms with Crippen molar-refractivity contribution in [3.63, 3.8) is 0 Å². The molecule has 7 heteroatoms. The van der Waals surface area contributed by atoms with Crippen LogP contribution < -0.4 is 0 Å². The maximum atomic E-state index is 12.0. The Morgan fingerprint density at radius 1 is 1.24 bits per heavy atom. The number of carbonyl (C=O) groups is 1. The van der Waals surface area contributed by atoms with E-state index < -0.39 is 42.8 Å². The second-order valence-electron chi connectivity index (χ2n) is 5.04. The second kappa shape index (κ2) is 6.08. The third kappa shape index (κ3) is 3.07. The highest BCUT2D eigenvalue weighted by Gasteiger charge is 2.53. The van der Waals surface area contributed by atoms with Crippen LogP contribution in [0.4, 0.5) is 0 Å². The first kappa shape index (κ1) is 15.9. The lowest BCUT2D eigenvalue weighted by atomic mass is 9.93. The third-order valence-electron chi connectivity index (χ3n) is 3.46. The molecule has 1 fully saturated rings. The molecular weight excluding hydrogens is 280 g/mol. The van der Waals surface area contributed by atoms with Gasteiger partial charge in [-0.05, 0) is 12.1 Å². The van der Waals surface area contributed by atoms with Gasteiger partial charge in [0.2, 0.25) is 5.79 Å². The van der Waals surface area contributed by atoms with Crippen LogP contribution in [0.25, 0.3) is 0 Å². The number of rotatable bonds is 3. The van der Waals surface area contributed by atoms with E-state index in [0.29, 0.717) is 0 Å². The first-order chi connectivity index (χ1) is 9.89. The summed E-state index contributed by atoms with van der Waals surface area (Å²) in [4.78, 5) is 12.0. The molecule has 0 bridgehead atoms. The fourth-order valence-electron chi connectivity index (χ4n) is 2.20. The van der Waals surface area contributed by atoms with Crippen LogP contribution in [0, 0.1) is 0 Å². The summed E-state index contributed by atoms with van der Waals surface area (Å²) in [6.45, 7) is 0.666. The average molecular weight is 298 g/mol. The van der Waals surface area contributed by atoms with E-state index in [-0.39, 0.29) is 5.56 Å². The van der Waals surface area contributed by atoms with Gasteiger partial charge < -0.3 is 29.9 Å². The van der Waals surface area contributed by atoms with E-state index in [9.17, 15) is 20.1 Å². The molecule has 0 spiro atoms. The molecule has 0 radical (unpaired) electrons. The number of carbonyl (C=O) groups excluding carboxylic acids is 1. The van der Waals surface area contributed by atoms with Gasteiger partial charge in [0.15, 0.2) is 0 Å². The largest absolute Gasteiger partial charge is 0.427 e. The van der Waals surface area contributed by atoms with Gasteiger partial charge in [-0.15, -0.1) is 0 Å². The minimum Gasteiger partial charge on any atom is -0.427 e.